The summed E-state index contributed by atoms with van der Waals surface area (Å²) < 4.78 is 0. The minimum Gasteiger partial charge on any atom is -0.480 e. The van der Waals surface area contributed by atoms with Gasteiger partial charge in [0, 0.05) is 34.7 Å². The van der Waals surface area contributed by atoms with E-state index in [1.165, 1.54) is 0 Å². The van der Waals surface area contributed by atoms with Gasteiger partial charge in [0.1, 0.15) is 0 Å². The van der Waals surface area contributed by atoms with Crippen LogP contribution in [0.4, 0.5) is 0 Å². The summed E-state index contributed by atoms with van der Waals surface area (Å²) in [6.45, 7) is 9.37. The smallest absolute Gasteiger partial charge is 0.321 e. The zero-order valence-corrected chi connectivity index (χ0v) is 23.2. The molecule has 6 N–H and O–H groups in total. The molecule has 14 heteroatoms. The molecule has 0 amide bonds. The SMILES string of the molecule is CCC(CC)(C(=O)O)C(=O)O.CCC(CC)(C(=O)O)C(=O)O.CCC(CC)(C(=O)O)C(=O)O.[Cr].[Cr]. The van der Waals surface area contributed by atoms with E-state index in [9.17, 15) is 28.8 Å². The summed E-state index contributed by atoms with van der Waals surface area (Å²) in [5, 5.41) is 51.7. The fourth-order valence-corrected chi connectivity index (χ4v) is 2.84. The third-order valence-corrected chi connectivity index (χ3v) is 6.08. The van der Waals surface area contributed by atoms with E-state index >= 15 is 0 Å². The normalized spacial score (nSPS) is 10.5. The van der Waals surface area contributed by atoms with Crippen molar-refractivity contribution in [2.24, 2.45) is 16.2 Å². The molecule has 0 aliphatic rings. The van der Waals surface area contributed by atoms with Crippen LogP contribution in [0.2, 0.25) is 0 Å². The van der Waals surface area contributed by atoms with E-state index in [0.29, 0.717) is 0 Å². The van der Waals surface area contributed by atoms with E-state index in [1.807, 2.05) is 0 Å². The Balaban J connectivity index is -0.000000125. The molecule has 0 saturated heterocycles. The second-order valence-corrected chi connectivity index (χ2v) is 7.20. The first-order valence-corrected chi connectivity index (χ1v) is 10.4. The maximum Gasteiger partial charge on any atom is 0.321 e. The molecule has 0 spiro atoms. The molecule has 0 rings (SSSR count). The molecule has 204 valence electrons. The van der Waals surface area contributed by atoms with E-state index in [2.05, 4.69) is 0 Å². The Bertz CT molecular complexity index is 566. The van der Waals surface area contributed by atoms with Gasteiger partial charge in [-0.05, 0) is 38.5 Å². The largest absolute Gasteiger partial charge is 0.480 e. The molecule has 0 saturated carbocycles. The third kappa shape index (κ3) is 10.6. The van der Waals surface area contributed by atoms with Gasteiger partial charge in [0.25, 0.3) is 0 Å². The van der Waals surface area contributed by atoms with Gasteiger partial charge in [-0.25, -0.2) is 0 Å². The average Bonchev–Trinajstić information content (AvgIpc) is 2.71. The molecule has 0 aliphatic carbocycles. The van der Waals surface area contributed by atoms with Gasteiger partial charge in [0.2, 0.25) is 0 Å². The van der Waals surface area contributed by atoms with Crippen LogP contribution >= 0.6 is 0 Å². The van der Waals surface area contributed by atoms with Gasteiger partial charge >= 0.3 is 35.8 Å². The first kappa shape index (κ1) is 43.0. The monoisotopic (exact) mass is 584 g/mol. The number of carbonyl (C=O) groups is 6. The van der Waals surface area contributed by atoms with Crippen LogP contribution in [0, 0.1) is 16.2 Å². The number of rotatable bonds is 12. The van der Waals surface area contributed by atoms with Crippen molar-refractivity contribution < 1.29 is 94.1 Å². The van der Waals surface area contributed by atoms with Crippen molar-refractivity contribution in [3.63, 3.8) is 0 Å². The Morgan fingerprint density at radius 1 is 0.371 bits per heavy atom. The van der Waals surface area contributed by atoms with Gasteiger partial charge in [0.15, 0.2) is 16.2 Å². The molecule has 0 radical (unpaired) electrons. The minimum absolute atomic E-state index is 0. The van der Waals surface area contributed by atoms with Crippen LogP contribution in [0.15, 0.2) is 0 Å². The molecule has 0 aromatic heterocycles. The zero-order chi connectivity index (χ0) is 27.2. The Morgan fingerprint density at radius 2 is 0.457 bits per heavy atom. The average molecular weight is 584 g/mol. The van der Waals surface area contributed by atoms with E-state index in [4.69, 9.17) is 30.6 Å². The number of hydrogen-bond acceptors (Lipinski definition) is 6. The van der Waals surface area contributed by atoms with Crippen LogP contribution in [0.1, 0.15) is 80.1 Å². The fraction of sp³-hybridized carbons (Fsp3) is 0.714. The van der Waals surface area contributed by atoms with Crippen LogP contribution < -0.4 is 0 Å². The number of carboxylic acid groups (broad SMARTS) is 6. The number of hydrogen-bond donors (Lipinski definition) is 6. The number of aliphatic carboxylic acids is 6. The summed E-state index contributed by atoms with van der Waals surface area (Å²) in [6.07, 6.45) is 0.715. The second kappa shape index (κ2) is 19.1. The first-order valence-electron chi connectivity index (χ1n) is 10.4. The molecule has 0 fully saturated rings. The van der Waals surface area contributed by atoms with E-state index in [-0.39, 0.29) is 73.2 Å². The van der Waals surface area contributed by atoms with Gasteiger partial charge in [-0.15, -0.1) is 0 Å². The molecular weight excluding hydrogens is 548 g/mol. The van der Waals surface area contributed by atoms with Gasteiger partial charge in [-0.1, -0.05) is 41.5 Å². The molecular formula is C21H36Cr2O12. The van der Waals surface area contributed by atoms with Crippen LogP contribution in [-0.4, -0.2) is 66.5 Å². The summed E-state index contributed by atoms with van der Waals surface area (Å²) in [6, 6.07) is 0. The predicted molar refractivity (Wildman–Crippen MR) is 115 cm³/mol. The Labute approximate surface area is 226 Å². The van der Waals surface area contributed by atoms with E-state index in [1.54, 1.807) is 41.5 Å². The van der Waals surface area contributed by atoms with Gasteiger partial charge < -0.3 is 30.6 Å². The second-order valence-electron chi connectivity index (χ2n) is 7.20. The maximum absolute atomic E-state index is 10.5. The quantitative estimate of drug-likeness (QED) is 0.182. The topological polar surface area (TPSA) is 224 Å². The van der Waals surface area contributed by atoms with Crippen LogP contribution in [0.3, 0.4) is 0 Å². The van der Waals surface area contributed by atoms with Gasteiger partial charge in [-0.3, -0.25) is 28.8 Å². The van der Waals surface area contributed by atoms with Crippen molar-refractivity contribution in [2.45, 2.75) is 80.1 Å². The summed E-state index contributed by atoms with van der Waals surface area (Å²) in [5.74, 6) is -7.53. The summed E-state index contributed by atoms with van der Waals surface area (Å²) in [5.41, 5.74) is -4.75. The third-order valence-electron chi connectivity index (χ3n) is 6.08. The van der Waals surface area contributed by atoms with Gasteiger partial charge in [-0.2, -0.15) is 0 Å². The molecule has 0 aromatic carbocycles. The molecule has 0 heterocycles. The Kier molecular flexibility index (Phi) is 23.5. The van der Waals surface area contributed by atoms with Gasteiger partial charge in [0.05, 0.1) is 0 Å². The van der Waals surface area contributed by atoms with Crippen molar-refractivity contribution in [1.82, 2.24) is 0 Å². The Morgan fingerprint density at radius 3 is 0.457 bits per heavy atom. The van der Waals surface area contributed by atoms with Crippen LogP contribution in [0.5, 0.6) is 0 Å². The predicted octanol–water partition coefficient (Wildman–Crippen LogP) is 2.88. The van der Waals surface area contributed by atoms with Crippen molar-refractivity contribution >= 4 is 35.8 Å². The number of carboxylic acids is 6. The Hall–Kier alpha value is -2.12. The molecule has 12 nitrogen and oxygen atoms in total. The minimum atomic E-state index is -1.58. The summed E-state index contributed by atoms with van der Waals surface area (Å²) in [4.78, 5) is 63.3. The molecule has 0 aliphatic heterocycles. The first-order chi connectivity index (χ1) is 15.0. The van der Waals surface area contributed by atoms with Crippen molar-refractivity contribution in [2.75, 3.05) is 0 Å². The van der Waals surface area contributed by atoms with Crippen molar-refractivity contribution in [3.8, 4) is 0 Å². The maximum atomic E-state index is 10.5. The van der Waals surface area contributed by atoms with Crippen LogP contribution in [0.25, 0.3) is 0 Å². The van der Waals surface area contributed by atoms with E-state index in [0.717, 1.165) is 0 Å². The summed E-state index contributed by atoms with van der Waals surface area (Å²) in [7, 11) is 0. The molecule has 35 heavy (non-hydrogen) atoms. The molecule has 0 atom stereocenters. The molecule has 0 aromatic rings. The van der Waals surface area contributed by atoms with Crippen LogP contribution in [-0.2, 0) is 63.5 Å². The van der Waals surface area contributed by atoms with Crippen molar-refractivity contribution in [3.05, 3.63) is 0 Å². The summed E-state index contributed by atoms with van der Waals surface area (Å²) >= 11 is 0. The zero-order valence-electron chi connectivity index (χ0n) is 20.7. The molecule has 0 unspecified atom stereocenters. The van der Waals surface area contributed by atoms with Crippen molar-refractivity contribution in [1.29, 1.82) is 0 Å². The molecule has 0 bridgehead atoms. The standard InChI is InChI=1S/3C7H12O4.2Cr/c3*1-3-7(4-2,5(8)9)6(10)11;;/h3*3-4H2,1-2H3,(H,8,9)(H,10,11);;. The fourth-order valence-electron chi connectivity index (χ4n) is 2.84. The van der Waals surface area contributed by atoms with E-state index < -0.39 is 52.1 Å².